The average molecular weight is 292 g/mol. The largest absolute Gasteiger partial charge is 0.461 e. The minimum absolute atomic E-state index is 0.0694. The molecule has 3 N–H and O–H groups in total. The number of esters is 1. The summed E-state index contributed by atoms with van der Waals surface area (Å²) in [5.41, 5.74) is 0. The molecule has 0 saturated heterocycles. The summed E-state index contributed by atoms with van der Waals surface area (Å²) in [6.07, 6.45) is 1.16. The number of rotatable bonds is 10. The number of carbonyl (C=O) groups is 1. The molecule has 0 bridgehead atoms. The van der Waals surface area contributed by atoms with Gasteiger partial charge in [0.1, 0.15) is 6.61 Å². The third kappa shape index (κ3) is 17.0. The van der Waals surface area contributed by atoms with Gasteiger partial charge in [-0.1, -0.05) is 6.58 Å². The molecule has 0 amide bonds. The molecule has 7 nitrogen and oxygen atoms in total. The first-order chi connectivity index (χ1) is 9.51. The van der Waals surface area contributed by atoms with Crippen LogP contribution in [0.4, 0.5) is 0 Å². The molecule has 0 rings (SSSR count). The maximum absolute atomic E-state index is 10.4. The van der Waals surface area contributed by atoms with E-state index in [1.54, 1.807) is 4.90 Å². The van der Waals surface area contributed by atoms with Crippen LogP contribution in [0, 0.1) is 0 Å². The zero-order chi connectivity index (χ0) is 15.8. The SMILES string of the molecule is C=CC(=O)OCCN(C)C.OCCN(CCO)CCO. The van der Waals surface area contributed by atoms with Crippen LogP contribution in [0.1, 0.15) is 0 Å². The van der Waals surface area contributed by atoms with Crippen molar-refractivity contribution < 1.29 is 24.9 Å². The Balaban J connectivity index is 0. The Morgan fingerprint density at radius 1 is 1.05 bits per heavy atom. The van der Waals surface area contributed by atoms with E-state index in [1.807, 2.05) is 19.0 Å². The first kappa shape index (κ1) is 21.3. The second kappa shape index (κ2) is 16.1. The molecule has 0 unspecified atom stereocenters. The van der Waals surface area contributed by atoms with E-state index in [1.165, 1.54) is 0 Å². The van der Waals surface area contributed by atoms with Gasteiger partial charge in [0, 0.05) is 32.3 Å². The number of hydrogen-bond donors (Lipinski definition) is 3. The van der Waals surface area contributed by atoms with Crippen LogP contribution in [0.25, 0.3) is 0 Å². The van der Waals surface area contributed by atoms with E-state index in [9.17, 15) is 4.79 Å². The fraction of sp³-hybridized carbons (Fsp3) is 0.769. The van der Waals surface area contributed by atoms with Crippen molar-refractivity contribution in [3.8, 4) is 0 Å². The number of aliphatic hydroxyl groups excluding tert-OH is 3. The summed E-state index contributed by atoms with van der Waals surface area (Å²) in [6, 6.07) is 0. The monoisotopic (exact) mass is 292 g/mol. The van der Waals surface area contributed by atoms with Gasteiger partial charge in [-0.25, -0.2) is 4.79 Å². The Morgan fingerprint density at radius 3 is 1.80 bits per heavy atom. The van der Waals surface area contributed by atoms with Crippen LogP contribution in [0.2, 0.25) is 0 Å². The zero-order valence-electron chi connectivity index (χ0n) is 12.5. The number of ether oxygens (including phenoxy) is 1. The third-order valence-electron chi connectivity index (χ3n) is 2.20. The highest BCUT2D eigenvalue weighted by Crippen LogP contribution is 1.84. The maximum Gasteiger partial charge on any atom is 0.330 e. The molecule has 0 aromatic carbocycles. The minimum Gasteiger partial charge on any atom is -0.461 e. The Kier molecular flexibility index (Phi) is 17.1. The van der Waals surface area contributed by atoms with Crippen molar-refractivity contribution in [2.45, 2.75) is 0 Å². The molecule has 0 fully saturated rings. The topological polar surface area (TPSA) is 93.5 Å². The highest BCUT2D eigenvalue weighted by Gasteiger charge is 2.00. The van der Waals surface area contributed by atoms with Crippen LogP contribution in [0.15, 0.2) is 12.7 Å². The third-order valence-corrected chi connectivity index (χ3v) is 2.20. The van der Waals surface area contributed by atoms with Crippen molar-refractivity contribution in [2.24, 2.45) is 0 Å². The summed E-state index contributed by atoms with van der Waals surface area (Å²) in [5.74, 6) is -0.359. The van der Waals surface area contributed by atoms with E-state index >= 15 is 0 Å². The van der Waals surface area contributed by atoms with Crippen molar-refractivity contribution in [3.05, 3.63) is 12.7 Å². The molecular formula is C13H28N2O5. The molecule has 0 aliphatic heterocycles. The second-order valence-electron chi connectivity index (χ2n) is 4.19. The summed E-state index contributed by atoms with van der Waals surface area (Å²) in [6.45, 7) is 6.20. The lowest BCUT2D eigenvalue weighted by molar-refractivity contribution is -0.137. The molecule has 0 aliphatic rings. The van der Waals surface area contributed by atoms with E-state index in [2.05, 4.69) is 6.58 Å². The lowest BCUT2D eigenvalue weighted by Crippen LogP contribution is -2.32. The number of carbonyl (C=O) groups excluding carboxylic acids is 1. The van der Waals surface area contributed by atoms with Crippen LogP contribution in [-0.2, 0) is 9.53 Å². The molecule has 0 aromatic heterocycles. The van der Waals surface area contributed by atoms with Crippen LogP contribution < -0.4 is 0 Å². The van der Waals surface area contributed by atoms with Crippen molar-refractivity contribution in [1.82, 2.24) is 9.80 Å². The van der Waals surface area contributed by atoms with Crippen molar-refractivity contribution in [1.29, 1.82) is 0 Å². The molecule has 0 atom stereocenters. The van der Waals surface area contributed by atoms with Crippen LogP contribution in [-0.4, -0.2) is 97.8 Å². The summed E-state index contributed by atoms with van der Waals surface area (Å²) in [5, 5.41) is 25.5. The molecule has 0 aromatic rings. The fourth-order valence-electron chi connectivity index (χ4n) is 1.15. The lowest BCUT2D eigenvalue weighted by atomic mass is 10.4. The van der Waals surface area contributed by atoms with Gasteiger partial charge in [0.15, 0.2) is 0 Å². The molecule has 0 radical (unpaired) electrons. The van der Waals surface area contributed by atoms with Gasteiger partial charge in [-0.2, -0.15) is 0 Å². The molecule has 7 heteroatoms. The van der Waals surface area contributed by atoms with E-state index in [0.717, 1.165) is 12.6 Å². The quantitative estimate of drug-likeness (QED) is 0.335. The highest BCUT2D eigenvalue weighted by molar-refractivity contribution is 5.81. The van der Waals surface area contributed by atoms with Gasteiger partial charge in [-0.05, 0) is 14.1 Å². The van der Waals surface area contributed by atoms with Gasteiger partial charge in [-0.15, -0.1) is 0 Å². The normalized spacial score (nSPS) is 10.2. The number of aliphatic hydroxyl groups is 3. The predicted molar refractivity (Wildman–Crippen MR) is 77.4 cm³/mol. The van der Waals surface area contributed by atoms with E-state index in [4.69, 9.17) is 20.1 Å². The van der Waals surface area contributed by atoms with E-state index in [0.29, 0.717) is 26.2 Å². The average Bonchev–Trinajstić information content (AvgIpc) is 2.40. The smallest absolute Gasteiger partial charge is 0.330 e. The standard InChI is InChI=1S/C7H13NO2.C6H15NO3/c1-4-7(9)10-6-5-8(2)3;8-4-1-7(2-5-9)3-6-10/h4H,1,5-6H2,2-3H3;8-10H,1-6H2. The first-order valence-corrected chi connectivity index (χ1v) is 6.50. The number of likely N-dealkylation sites (N-methyl/N-ethyl adjacent to an activating group) is 1. The van der Waals surface area contributed by atoms with Gasteiger partial charge in [0.2, 0.25) is 0 Å². The molecule has 20 heavy (non-hydrogen) atoms. The number of hydrogen-bond acceptors (Lipinski definition) is 7. The van der Waals surface area contributed by atoms with Gasteiger partial charge in [0.25, 0.3) is 0 Å². The molecular weight excluding hydrogens is 264 g/mol. The number of nitrogens with zero attached hydrogens (tertiary/aromatic N) is 2. The Bertz CT molecular complexity index is 223. The van der Waals surface area contributed by atoms with Crippen molar-refractivity contribution >= 4 is 5.97 Å². The van der Waals surface area contributed by atoms with E-state index < -0.39 is 0 Å². The predicted octanol–water partition coefficient (Wildman–Crippen LogP) is -1.46. The second-order valence-corrected chi connectivity index (χ2v) is 4.19. The summed E-state index contributed by atoms with van der Waals surface area (Å²) in [4.78, 5) is 14.2. The van der Waals surface area contributed by atoms with Crippen LogP contribution in [0.3, 0.4) is 0 Å². The summed E-state index contributed by atoms with van der Waals surface area (Å²) < 4.78 is 4.70. The Hall–Kier alpha value is -0.990. The summed E-state index contributed by atoms with van der Waals surface area (Å²) in [7, 11) is 3.84. The first-order valence-electron chi connectivity index (χ1n) is 6.50. The minimum atomic E-state index is -0.359. The van der Waals surface area contributed by atoms with Crippen LogP contribution >= 0.6 is 0 Å². The van der Waals surface area contributed by atoms with Gasteiger partial charge in [0.05, 0.1) is 19.8 Å². The molecule has 120 valence electrons. The van der Waals surface area contributed by atoms with Gasteiger partial charge in [-0.3, -0.25) is 4.90 Å². The van der Waals surface area contributed by atoms with Crippen molar-refractivity contribution in [3.63, 3.8) is 0 Å². The molecule has 0 spiro atoms. The summed E-state index contributed by atoms with van der Waals surface area (Å²) >= 11 is 0. The maximum atomic E-state index is 10.4. The Labute approximate surface area is 121 Å². The fourth-order valence-corrected chi connectivity index (χ4v) is 1.15. The Morgan fingerprint density at radius 2 is 1.50 bits per heavy atom. The van der Waals surface area contributed by atoms with E-state index in [-0.39, 0.29) is 25.8 Å². The molecule has 0 saturated carbocycles. The van der Waals surface area contributed by atoms with Crippen molar-refractivity contribution in [2.75, 3.05) is 66.7 Å². The zero-order valence-corrected chi connectivity index (χ0v) is 12.5. The lowest BCUT2D eigenvalue weighted by Gasteiger charge is -2.17. The molecule has 0 aliphatic carbocycles. The molecule has 0 heterocycles. The van der Waals surface area contributed by atoms with Gasteiger partial charge < -0.3 is 25.0 Å². The highest BCUT2D eigenvalue weighted by atomic mass is 16.5. The van der Waals surface area contributed by atoms with Crippen LogP contribution in [0.5, 0.6) is 0 Å². The van der Waals surface area contributed by atoms with Gasteiger partial charge >= 0.3 is 5.97 Å².